The summed E-state index contributed by atoms with van der Waals surface area (Å²) >= 11 is 0. The van der Waals surface area contributed by atoms with Gasteiger partial charge >= 0.3 is 12.1 Å². The van der Waals surface area contributed by atoms with Gasteiger partial charge in [0.1, 0.15) is 5.75 Å². The monoisotopic (exact) mass is 363 g/mol. The van der Waals surface area contributed by atoms with E-state index in [0.717, 1.165) is 21.9 Å². The Morgan fingerprint density at radius 1 is 0.923 bits per heavy atom. The maximum Gasteiger partial charge on any atom is 0.490 e. The van der Waals surface area contributed by atoms with E-state index in [9.17, 15) is 18.3 Å². The smallest absolute Gasteiger partial charge is 0.490 e. The number of hydrogen-bond acceptors (Lipinski definition) is 3. The molecule has 0 fully saturated rings. The van der Waals surface area contributed by atoms with Gasteiger partial charge in [0.05, 0.1) is 6.04 Å². The minimum Gasteiger partial charge on any atom is -0.508 e. The molecule has 0 amide bonds. The number of phenols is 1. The van der Waals surface area contributed by atoms with Gasteiger partial charge in [0.25, 0.3) is 0 Å². The van der Waals surface area contributed by atoms with E-state index in [0.29, 0.717) is 0 Å². The van der Waals surface area contributed by atoms with E-state index < -0.39 is 12.1 Å². The average molecular weight is 363 g/mol. The van der Waals surface area contributed by atoms with Crippen molar-refractivity contribution in [3.8, 4) is 5.75 Å². The molecule has 136 valence electrons. The van der Waals surface area contributed by atoms with E-state index in [-0.39, 0.29) is 11.8 Å². The van der Waals surface area contributed by atoms with Crippen molar-refractivity contribution in [2.75, 3.05) is 0 Å². The fraction of sp³-hybridized carbons (Fsp3) is 0.105. The van der Waals surface area contributed by atoms with Crippen molar-refractivity contribution in [1.29, 1.82) is 0 Å². The second kappa shape index (κ2) is 7.88. The van der Waals surface area contributed by atoms with Crippen molar-refractivity contribution < 1.29 is 28.2 Å². The lowest BCUT2D eigenvalue weighted by atomic mass is 9.93. The Morgan fingerprint density at radius 2 is 1.46 bits per heavy atom. The number of hydrogen-bond donors (Lipinski definition) is 3. The Balaban J connectivity index is 0.000000298. The van der Waals surface area contributed by atoms with E-state index >= 15 is 0 Å². The molecule has 0 aliphatic heterocycles. The number of halogens is 3. The first-order valence-corrected chi connectivity index (χ1v) is 7.53. The molecule has 4 nitrogen and oxygen atoms in total. The number of carboxylic acid groups (broad SMARTS) is 1. The van der Waals surface area contributed by atoms with Gasteiger partial charge in [0.15, 0.2) is 0 Å². The fourth-order valence-electron chi connectivity index (χ4n) is 2.44. The Kier molecular flexibility index (Phi) is 5.84. The van der Waals surface area contributed by atoms with Gasteiger partial charge in [-0.05, 0) is 22.4 Å². The summed E-state index contributed by atoms with van der Waals surface area (Å²) < 4.78 is 31.7. The van der Waals surface area contributed by atoms with E-state index in [1.807, 2.05) is 60.7 Å². The van der Waals surface area contributed by atoms with E-state index in [4.69, 9.17) is 15.6 Å². The number of fused-ring (bicyclic) bond motifs is 1. The zero-order valence-electron chi connectivity index (χ0n) is 13.4. The lowest BCUT2D eigenvalue weighted by molar-refractivity contribution is -0.192. The first kappa shape index (κ1) is 19.3. The topological polar surface area (TPSA) is 83.5 Å². The first-order chi connectivity index (χ1) is 12.2. The van der Waals surface area contributed by atoms with Gasteiger partial charge in [0, 0.05) is 5.56 Å². The molecule has 0 radical (unpaired) electrons. The standard InChI is InChI=1S/C17H15NO.C2HF3O2/c18-17(13-7-2-1-3-8-13)16-14-9-5-4-6-12(14)10-11-15(16)19;3-2(4,5)1(6)7/h1-11,17,19H,18H2;(H,6,7)/t17-;/m1./s1. The molecule has 0 heterocycles. The van der Waals surface area contributed by atoms with Crippen LogP contribution in [0.1, 0.15) is 17.2 Å². The molecule has 26 heavy (non-hydrogen) atoms. The molecule has 0 saturated carbocycles. The third-order valence-electron chi connectivity index (χ3n) is 3.66. The van der Waals surface area contributed by atoms with E-state index in [2.05, 4.69) is 0 Å². The van der Waals surface area contributed by atoms with Crippen LogP contribution in [0, 0.1) is 0 Å². The predicted molar refractivity (Wildman–Crippen MR) is 91.8 cm³/mol. The highest BCUT2D eigenvalue weighted by atomic mass is 19.4. The molecular formula is C19H16F3NO3. The van der Waals surface area contributed by atoms with Gasteiger partial charge < -0.3 is 15.9 Å². The van der Waals surface area contributed by atoms with Gasteiger partial charge in [0.2, 0.25) is 0 Å². The molecule has 0 saturated heterocycles. The minimum atomic E-state index is -5.08. The largest absolute Gasteiger partial charge is 0.508 e. The molecule has 0 bridgehead atoms. The maximum atomic E-state index is 10.6. The van der Waals surface area contributed by atoms with Crippen LogP contribution in [0.4, 0.5) is 13.2 Å². The summed E-state index contributed by atoms with van der Waals surface area (Å²) in [5.41, 5.74) is 8.10. The van der Waals surface area contributed by atoms with Crippen molar-refractivity contribution in [2.24, 2.45) is 5.73 Å². The lowest BCUT2D eigenvalue weighted by Gasteiger charge is -2.16. The molecule has 0 aliphatic carbocycles. The van der Waals surface area contributed by atoms with Gasteiger partial charge in [-0.25, -0.2) is 4.79 Å². The lowest BCUT2D eigenvalue weighted by Crippen LogP contribution is -2.21. The van der Waals surface area contributed by atoms with Crippen molar-refractivity contribution in [3.63, 3.8) is 0 Å². The molecule has 0 aliphatic rings. The number of alkyl halides is 3. The number of carbonyl (C=O) groups is 1. The zero-order chi connectivity index (χ0) is 19.3. The highest BCUT2D eigenvalue weighted by Crippen LogP contribution is 2.34. The molecule has 7 heteroatoms. The summed E-state index contributed by atoms with van der Waals surface area (Å²) in [6.45, 7) is 0. The number of aliphatic carboxylic acids is 1. The van der Waals surface area contributed by atoms with Gasteiger partial charge in [-0.1, -0.05) is 60.7 Å². The van der Waals surface area contributed by atoms with Crippen molar-refractivity contribution in [3.05, 3.63) is 77.9 Å². The third-order valence-corrected chi connectivity index (χ3v) is 3.66. The van der Waals surface area contributed by atoms with E-state index in [1.54, 1.807) is 6.07 Å². The number of nitrogens with two attached hydrogens (primary N) is 1. The Morgan fingerprint density at radius 3 is 2.04 bits per heavy atom. The fourth-order valence-corrected chi connectivity index (χ4v) is 2.44. The van der Waals surface area contributed by atoms with Crippen molar-refractivity contribution >= 4 is 16.7 Å². The van der Waals surface area contributed by atoms with Crippen LogP contribution < -0.4 is 5.73 Å². The van der Waals surface area contributed by atoms with Gasteiger partial charge in [-0.2, -0.15) is 13.2 Å². The molecule has 1 atom stereocenters. The number of aromatic hydroxyl groups is 1. The second-order valence-corrected chi connectivity index (χ2v) is 5.41. The molecule has 3 rings (SSSR count). The molecule has 3 aromatic carbocycles. The molecule has 0 aromatic heterocycles. The quantitative estimate of drug-likeness (QED) is 0.636. The zero-order valence-corrected chi connectivity index (χ0v) is 13.4. The summed E-state index contributed by atoms with van der Waals surface area (Å²) in [6, 6.07) is 21.1. The number of carboxylic acids is 1. The van der Waals surface area contributed by atoms with Crippen LogP contribution in [0.3, 0.4) is 0 Å². The van der Waals surface area contributed by atoms with Crippen LogP contribution in [-0.4, -0.2) is 22.4 Å². The molecule has 3 aromatic rings. The number of phenolic OH excluding ortho intramolecular Hbond substituents is 1. The van der Waals surface area contributed by atoms with Gasteiger partial charge in [-0.3, -0.25) is 0 Å². The van der Waals surface area contributed by atoms with Gasteiger partial charge in [-0.15, -0.1) is 0 Å². The molecule has 0 spiro atoms. The van der Waals surface area contributed by atoms with Crippen LogP contribution in [0.25, 0.3) is 10.8 Å². The van der Waals surface area contributed by atoms with Crippen LogP contribution in [0.5, 0.6) is 5.75 Å². The summed E-state index contributed by atoms with van der Waals surface area (Å²) in [4.78, 5) is 8.90. The summed E-state index contributed by atoms with van der Waals surface area (Å²) in [5.74, 6) is -2.51. The first-order valence-electron chi connectivity index (χ1n) is 7.53. The number of rotatable bonds is 2. The maximum absolute atomic E-state index is 10.6. The Labute approximate surface area is 147 Å². The minimum absolute atomic E-state index is 0.245. The summed E-state index contributed by atoms with van der Waals surface area (Å²) in [5, 5.41) is 19.4. The average Bonchev–Trinajstić information content (AvgIpc) is 2.61. The summed E-state index contributed by atoms with van der Waals surface area (Å²) in [6.07, 6.45) is -5.08. The molecular weight excluding hydrogens is 347 g/mol. The van der Waals surface area contributed by atoms with Crippen LogP contribution in [0.15, 0.2) is 66.7 Å². The number of benzene rings is 3. The van der Waals surface area contributed by atoms with Crippen LogP contribution in [-0.2, 0) is 4.79 Å². The van der Waals surface area contributed by atoms with Crippen LogP contribution >= 0.6 is 0 Å². The molecule has 4 N–H and O–H groups in total. The summed E-state index contributed by atoms with van der Waals surface area (Å²) in [7, 11) is 0. The normalized spacial score (nSPS) is 12.2. The van der Waals surface area contributed by atoms with E-state index in [1.165, 1.54) is 0 Å². The van der Waals surface area contributed by atoms with Crippen LogP contribution in [0.2, 0.25) is 0 Å². The van der Waals surface area contributed by atoms with Crippen molar-refractivity contribution in [1.82, 2.24) is 0 Å². The SMILES string of the molecule is N[C@H](c1ccccc1)c1c(O)ccc2ccccc12.O=C(O)C(F)(F)F. The second-order valence-electron chi connectivity index (χ2n) is 5.41. The Hall–Kier alpha value is -3.06. The highest BCUT2D eigenvalue weighted by Gasteiger charge is 2.38. The molecule has 0 unspecified atom stereocenters. The highest BCUT2D eigenvalue weighted by molar-refractivity contribution is 5.88. The third kappa shape index (κ3) is 4.52. The Bertz CT molecular complexity index is 895. The van der Waals surface area contributed by atoms with Crippen molar-refractivity contribution in [2.45, 2.75) is 12.2 Å². The predicted octanol–water partition coefficient (Wildman–Crippen LogP) is 4.23.